The highest BCUT2D eigenvalue weighted by Crippen LogP contribution is 2.37. The van der Waals surface area contributed by atoms with E-state index in [9.17, 15) is 0 Å². The molecule has 0 bridgehead atoms. The van der Waals surface area contributed by atoms with Crippen LogP contribution in [0.5, 0.6) is 0 Å². The van der Waals surface area contributed by atoms with Crippen LogP contribution in [-0.4, -0.2) is 0 Å². The van der Waals surface area contributed by atoms with E-state index in [-0.39, 0.29) is 5.41 Å². The van der Waals surface area contributed by atoms with Crippen LogP contribution < -0.4 is 0 Å². The van der Waals surface area contributed by atoms with Gasteiger partial charge in [0.15, 0.2) is 0 Å². The zero-order valence-electron chi connectivity index (χ0n) is 10.8. The normalized spacial score (nSPS) is 14.8. The summed E-state index contributed by atoms with van der Waals surface area (Å²) in [6, 6.07) is 14.7. The van der Waals surface area contributed by atoms with Crippen molar-refractivity contribution in [2.45, 2.75) is 32.6 Å². The van der Waals surface area contributed by atoms with Gasteiger partial charge in [-0.3, -0.25) is 0 Å². The van der Waals surface area contributed by atoms with E-state index >= 15 is 0 Å². The molecule has 0 spiro atoms. The molecule has 90 valence electrons. The lowest BCUT2D eigenvalue weighted by Crippen LogP contribution is -2.25. The molecule has 1 nitrogen and oxygen atoms in total. The number of benzene rings is 1. The smallest absolute Gasteiger partial charge is 0.114 e. The number of rotatable bonds is 4. The van der Waals surface area contributed by atoms with Crippen LogP contribution >= 0.6 is 0 Å². The van der Waals surface area contributed by atoms with E-state index in [1.54, 1.807) is 6.26 Å². The molecule has 1 aromatic carbocycles. The lowest BCUT2D eigenvalue weighted by Gasteiger charge is -2.30. The molecular weight excluding hydrogens is 208 g/mol. The van der Waals surface area contributed by atoms with Crippen LogP contribution in [0.1, 0.15) is 38.5 Å². The molecule has 2 rings (SSSR count). The van der Waals surface area contributed by atoms with E-state index in [0.717, 1.165) is 12.2 Å². The van der Waals surface area contributed by atoms with Gasteiger partial charge in [-0.25, -0.2) is 0 Å². The van der Waals surface area contributed by atoms with Gasteiger partial charge in [-0.05, 0) is 37.0 Å². The van der Waals surface area contributed by atoms with Gasteiger partial charge in [-0.15, -0.1) is 0 Å². The predicted octanol–water partition coefficient (Wildman–Crippen LogP) is 4.63. The van der Waals surface area contributed by atoms with E-state index in [4.69, 9.17) is 4.42 Å². The molecule has 0 aliphatic heterocycles. The van der Waals surface area contributed by atoms with Gasteiger partial charge in [-0.1, -0.05) is 44.2 Å². The van der Waals surface area contributed by atoms with Crippen LogP contribution in [0, 0.1) is 5.92 Å². The van der Waals surface area contributed by atoms with Crippen molar-refractivity contribution in [1.29, 1.82) is 0 Å². The third kappa shape index (κ3) is 2.44. The Labute approximate surface area is 103 Å². The molecule has 1 heteroatoms. The summed E-state index contributed by atoms with van der Waals surface area (Å²) in [4.78, 5) is 0. The minimum Gasteiger partial charge on any atom is -0.468 e. The maximum Gasteiger partial charge on any atom is 0.114 e. The second-order valence-electron chi connectivity index (χ2n) is 5.27. The second kappa shape index (κ2) is 4.79. The first-order valence-corrected chi connectivity index (χ1v) is 6.22. The summed E-state index contributed by atoms with van der Waals surface area (Å²) in [6.07, 6.45) is 2.85. The van der Waals surface area contributed by atoms with Gasteiger partial charge in [0, 0.05) is 0 Å². The van der Waals surface area contributed by atoms with Crippen molar-refractivity contribution in [2.75, 3.05) is 0 Å². The fourth-order valence-electron chi connectivity index (χ4n) is 2.58. The average molecular weight is 228 g/mol. The molecule has 1 atom stereocenters. The van der Waals surface area contributed by atoms with Gasteiger partial charge in [0.1, 0.15) is 5.76 Å². The standard InChI is InChI=1S/C16H20O/c1-13(2)12-16(3,15-10-7-11-17-15)14-8-5-4-6-9-14/h4-11,13H,12H2,1-3H3/t16-/m0/s1. The second-order valence-corrected chi connectivity index (χ2v) is 5.27. The topological polar surface area (TPSA) is 13.1 Å². The fraction of sp³-hybridized carbons (Fsp3) is 0.375. The van der Waals surface area contributed by atoms with Gasteiger partial charge >= 0.3 is 0 Å². The van der Waals surface area contributed by atoms with Crippen LogP contribution in [0.3, 0.4) is 0 Å². The van der Waals surface area contributed by atoms with Gasteiger partial charge < -0.3 is 4.42 Å². The molecule has 0 unspecified atom stereocenters. The molecule has 1 aromatic heterocycles. The molecule has 0 aliphatic rings. The SMILES string of the molecule is CC(C)C[C@@](C)(c1ccccc1)c1ccco1. The van der Waals surface area contributed by atoms with Gasteiger partial charge in [-0.2, -0.15) is 0 Å². The van der Waals surface area contributed by atoms with Gasteiger partial charge in [0.05, 0.1) is 11.7 Å². The third-order valence-electron chi connectivity index (χ3n) is 3.29. The van der Waals surface area contributed by atoms with Crippen molar-refractivity contribution in [3.8, 4) is 0 Å². The Kier molecular flexibility index (Phi) is 3.37. The van der Waals surface area contributed by atoms with Crippen LogP contribution in [-0.2, 0) is 5.41 Å². The van der Waals surface area contributed by atoms with Gasteiger partial charge in [0.2, 0.25) is 0 Å². The van der Waals surface area contributed by atoms with Crippen LogP contribution in [0.4, 0.5) is 0 Å². The zero-order valence-corrected chi connectivity index (χ0v) is 10.8. The monoisotopic (exact) mass is 228 g/mol. The molecule has 0 aliphatic carbocycles. The molecule has 0 fully saturated rings. The maximum absolute atomic E-state index is 5.65. The van der Waals surface area contributed by atoms with E-state index in [2.05, 4.69) is 57.2 Å². The van der Waals surface area contributed by atoms with Crippen molar-refractivity contribution in [3.63, 3.8) is 0 Å². The summed E-state index contributed by atoms with van der Waals surface area (Å²) in [7, 11) is 0. The first-order valence-electron chi connectivity index (χ1n) is 6.22. The minimum atomic E-state index is -0.0288. The predicted molar refractivity (Wildman–Crippen MR) is 71.1 cm³/mol. The van der Waals surface area contributed by atoms with Crippen LogP contribution in [0.25, 0.3) is 0 Å². The van der Waals surface area contributed by atoms with Crippen molar-refractivity contribution in [1.82, 2.24) is 0 Å². The summed E-state index contributed by atoms with van der Waals surface area (Å²) >= 11 is 0. The highest BCUT2D eigenvalue weighted by molar-refractivity contribution is 5.33. The van der Waals surface area contributed by atoms with Crippen molar-refractivity contribution in [2.24, 2.45) is 5.92 Å². The number of hydrogen-bond donors (Lipinski definition) is 0. The number of hydrogen-bond acceptors (Lipinski definition) is 1. The largest absolute Gasteiger partial charge is 0.468 e. The molecule has 0 N–H and O–H groups in total. The maximum atomic E-state index is 5.65. The van der Waals surface area contributed by atoms with Crippen LogP contribution in [0.15, 0.2) is 53.1 Å². The fourth-order valence-corrected chi connectivity index (χ4v) is 2.58. The quantitative estimate of drug-likeness (QED) is 0.743. The average Bonchev–Trinajstić information content (AvgIpc) is 2.83. The summed E-state index contributed by atoms with van der Waals surface area (Å²) in [5.74, 6) is 1.68. The van der Waals surface area contributed by atoms with E-state index < -0.39 is 0 Å². The zero-order chi connectivity index (χ0) is 12.3. The summed E-state index contributed by atoms with van der Waals surface area (Å²) < 4.78 is 5.65. The molecule has 1 heterocycles. The first-order chi connectivity index (χ1) is 8.13. The molecule has 0 saturated heterocycles. The highest BCUT2D eigenvalue weighted by Gasteiger charge is 2.32. The molecular formula is C16H20O. The van der Waals surface area contributed by atoms with Crippen molar-refractivity contribution in [3.05, 3.63) is 60.1 Å². The van der Waals surface area contributed by atoms with Crippen LogP contribution in [0.2, 0.25) is 0 Å². The Hall–Kier alpha value is -1.50. The van der Waals surface area contributed by atoms with Crippen molar-refractivity contribution < 1.29 is 4.42 Å². The minimum absolute atomic E-state index is 0.0288. The highest BCUT2D eigenvalue weighted by atomic mass is 16.3. The first kappa shape index (κ1) is 12.0. The summed E-state index contributed by atoms with van der Waals surface area (Å²) in [5.41, 5.74) is 1.29. The molecule has 0 radical (unpaired) electrons. The Balaban J connectivity index is 2.44. The van der Waals surface area contributed by atoms with Gasteiger partial charge in [0.25, 0.3) is 0 Å². The Bertz CT molecular complexity index is 442. The van der Waals surface area contributed by atoms with E-state index in [1.165, 1.54) is 5.56 Å². The summed E-state index contributed by atoms with van der Waals surface area (Å²) in [6.45, 7) is 6.77. The number of furan rings is 1. The molecule has 0 amide bonds. The lowest BCUT2D eigenvalue weighted by atomic mass is 9.74. The van der Waals surface area contributed by atoms with Crippen molar-refractivity contribution >= 4 is 0 Å². The molecule has 17 heavy (non-hydrogen) atoms. The Morgan fingerprint density at radius 2 is 1.76 bits per heavy atom. The lowest BCUT2D eigenvalue weighted by molar-refractivity contribution is 0.349. The summed E-state index contributed by atoms with van der Waals surface area (Å²) in [5, 5.41) is 0. The molecule has 0 saturated carbocycles. The Morgan fingerprint density at radius 3 is 2.29 bits per heavy atom. The Morgan fingerprint density at radius 1 is 1.06 bits per heavy atom. The third-order valence-corrected chi connectivity index (χ3v) is 3.29. The van der Waals surface area contributed by atoms with E-state index in [1.807, 2.05) is 6.07 Å². The van der Waals surface area contributed by atoms with E-state index in [0.29, 0.717) is 5.92 Å². The molecule has 2 aromatic rings.